The Kier molecular flexibility index (Phi) is 6.93. The Balaban J connectivity index is 1.36. The maximum Gasteiger partial charge on any atom is 0.264 e. The van der Waals surface area contributed by atoms with Gasteiger partial charge in [0.25, 0.3) is 15.9 Å². The first-order valence-corrected chi connectivity index (χ1v) is 13.9. The molecule has 9 heteroatoms. The van der Waals surface area contributed by atoms with Crippen molar-refractivity contribution in [1.29, 1.82) is 0 Å². The number of sulfonamides is 1. The quantitative estimate of drug-likeness (QED) is 0.263. The van der Waals surface area contributed by atoms with Crippen LogP contribution in [0.5, 0.6) is 11.5 Å². The van der Waals surface area contributed by atoms with Crippen LogP contribution >= 0.6 is 0 Å². The van der Waals surface area contributed by atoms with Crippen LogP contribution in [-0.4, -0.2) is 40.2 Å². The number of aryl methyl sites for hydroxylation is 1. The van der Waals surface area contributed by atoms with Gasteiger partial charge in [-0.3, -0.25) is 9.10 Å². The van der Waals surface area contributed by atoms with E-state index in [0.717, 1.165) is 32.7 Å². The lowest BCUT2D eigenvalue weighted by atomic mass is 10.1. The summed E-state index contributed by atoms with van der Waals surface area (Å²) >= 11 is 0. The van der Waals surface area contributed by atoms with Gasteiger partial charge in [-0.25, -0.2) is 8.42 Å². The zero-order valence-electron chi connectivity index (χ0n) is 22.1. The summed E-state index contributed by atoms with van der Waals surface area (Å²) in [7, 11) is 0.519. The van der Waals surface area contributed by atoms with Gasteiger partial charge < -0.3 is 19.4 Å². The number of anilines is 2. The molecule has 200 valence electrons. The first-order valence-electron chi connectivity index (χ1n) is 12.4. The second-order valence-corrected chi connectivity index (χ2v) is 11.0. The molecule has 8 nitrogen and oxygen atoms in total. The van der Waals surface area contributed by atoms with Crippen LogP contribution in [0.2, 0.25) is 0 Å². The third kappa shape index (κ3) is 4.66. The normalized spacial score (nSPS) is 11.5. The average Bonchev–Trinajstić information content (AvgIpc) is 3.29. The molecule has 1 heterocycles. The number of methoxy groups -OCH3 is 2. The van der Waals surface area contributed by atoms with Crippen molar-refractivity contribution in [3.8, 4) is 11.5 Å². The van der Waals surface area contributed by atoms with Crippen molar-refractivity contribution in [2.45, 2.75) is 18.4 Å². The van der Waals surface area contributed by atoms with Gasteiger partial charge in [-0.2, -0.15) is 0 Å². The minimum absolute atomic E-state index is 0.0595. The molecule has 0 radical (unpaired) electrons. The summed E-state index contributed by atoms with van der Waals surface area (Å²) in [5.41, 5.74) is 3.77. The molecule has 5 rings (SSSR count). The molecule has 4 aromatic carbocycles. The highest BCUT2D eigenvalue weighted by Gasteiger charge is 2.23. The molecule has 1 amide bonds. The van der Waals surface area contributed by atoms with Crippen LogP contribution in [0.15, 0.2) is 89.8 Å². The van der Waals surface area contributed by atoms with Gasteiger partial charge in [0, 0.05) is 52.7 Å². The number of nitrogens with zero attached hydrogens (tertiary/aromatic N) is 2. The van der Waals surface area contributed by atoms with Crippen molar-refractivity contribution in [3.63, 3.8) is 0 Å². The second-order valence-electron chi connectivity index (χ2n) is 8.98. The standard InChI is InChI=1S/C30H29N3O5S/c1-5-33-26-9-7-6-8-24(26)25-18-21(12-16-27(25)33)31-30(34)20-10-13-22(14-11-20)32(2)39(35,36)23-15-17-28(37-3)29(19-23)38-4/h6-19H,5H2,1-4H3,(H,31,34). The fourth-order valence-corrected chi connectivity index (χ4v) is 5.98. The number of carbonyl (C=O) groups is 1. The molecule has 5 aromatic rings. The molecule has 0 aliphatic carbocycles. The lowest BCUT2D eigenvalue weighted by molar-refractivity contribution is 0.102. The van der Waals surface area contributed by atoms with E-state index in [1.54, 1.807) is 30.3 Å². The molecular formula is C30H29N3O5S. The highest BCUT2D eigenvalue weighted by atomic mass is 32.2. The fraction of sp³-hybridized carbons (Fsp3) is 0.167. The van der Waals surface area contributed by atoms with Gasteiger partial charge in [0.2, 0.25) is 0 Å². The lowest BCUT2D eigenvalue weighted by Crippen LogP contribution is -2.26. The SMILES string of the molecule is CCn1c2ccccc2c2cc(NC(=O)c3ccc(N(C)S(=O)(=O)c4ccc(OC)c(OC)c4)cc3)ccc21. The number of ether oxygens (including phenoxy) is 2. The zero-order valence-corrected chi connectivity index (χ0v) is 23.0. The van der Waals surface area contributed by atoms with E-state index in [9.17, 15) is 13.2 Å². The Morgan fingerprint density at radius 2 is 1.54 bits per heavy atom. The number of nitrogens with one attached hydrogen (secondary N) is 1. The first kappa shape index (κ1) is 26.1. The Bertz CT molecular complexity index is 1790. The average molecular weight is 544 g/mol. The molecule has 0 unspecified atom stereocenters. The van der Waals surface area contributed by atoms with Crippen molar-refractivity contribution >= 4 is 49.1 Å². The molecule has 0 aliphatic heterocycles. The van der Waals surface area contributed by atoms with Crippen LogP contribution in [0.4, 0.5) is 11.4 Å². The van der Waals surface area contributed by atoms with Crippen molar-refractivity contribution in [2.24, 2.45) is 0 Å². The van der Waals surface area contributed by atoms with Gasteiger partial charge in [-0.15, -0.1) is 0 Å². The summed E-state index contributed by atoms with van der Waals surface area (Å²) in [4.78, 5) is 13.1. The topological polar surface area (TPSA) is 89.9 Å². The van der Waals surface area contributed by atoms with Gasteiger partial charge in [0.15, 0.2) is 11.5 Å². The number of para-hydroxylation sites is 1. The predicted molar refractivity (Wildman–Crippen MR) is 155 cm³/mol. The van der Waals surface area contributed by atoms with Crippen LogP contribution in [-0.2, 0) is 16.6 Å². The molecule has 0 saturated carbocycles. The Morgan fingerprint density at radius 3 is 2.23 bits per heavy atom. The van der Waals surface area contributed by atoms with E-state index < -0.39 is 10.0 Å². The molecule has 0 spiro atoms. The number of benzene rings is 4. The van der Waals surface area contributed by atoms with E-state index in [0.29, 0.717) is 28.4 Å². The number of carbonyl (C=O) groups excluding carboxylic acids is 1. The molecule has 0 bridgehead atoms. The van der Waals surface area contributed by atoms with Gasteiger partial charge >= 0.3 is 0 Å². The van der Waals surface area contributed by atoms with E-state index in [-0.39, 0.29) is 10.8 Å². The predicted octanol–water partition coefficient (Wildman–Crippen LogP) is 5.91. The summed E-state index contributed by atoms with van der Waals surface area (Å²) in [6, 6.07) is 25.0. The van der Waals surface area contributed by atoms with Crippen molar-refractivity contribution in [3.05, 3.63) is 90.5 Å². The maximum atomic E-state index is 13.2. The lowest BCUT2D eigenvalue weighted by Gasteiger charge is -2.20. The minimum atomic E-state index is -3.88. The van der Waals surface area contributed by atoms with Gasteiger partial charge in [-0.1, -0.05) is 18.2 Å². The monoisotopic (exact) mass is 543 g/mol. The summed E-state index contributed by atoms with van der Waals surface area (Å²) in [6.07, 6.45) is 0. The maximum absolute atomic E-state index is 13.2. The Morgan fingerprint density at radius 1 is 0.846 bits per heavy atom. The van der Waals surface area contributed by atoms with E-state index >= 15 is 0 Å². The van der Waals surface area contributed by atoms with Crippen LogP contribution in [0.3, 0.4) is 0 Å². The molecule has 39 heavy (non-hydrogen) atoms. The molecule has 1 N–H and O–H groups in total. The van der Waals surface area contributed by atoms with Crippen molar-refractivity contribution in [2.75, 3.05) is 30.9 Å². The van der Waals surface area contributed by atoms with Gasteiger partial charge in [-0.05, 0) is 67.6 Å². The second kappa shape index (κ2) is 10.3. The van der Waals surface area contributed by atoms with Gasteiger partial charge in [0.1, 0.15) is 0 Å². The van der Waals surface area contributed by atoms with Crippen molar-refractivity contribution < 1.29 is 22.7 Å². The first-order chi connectivity index (χ1) is 18.8. The Labute approximate surface area is 227 Å². The molecule has 0 aliphatic rings. The number of amides is 1. The van der Waals surface area contributed by atoms with Crippen LogP contribution in [0.1, 0.15) is 17.3 Å². The third-order valence-corrected chi connectivity index (χ3v) is 8.63. The summed E-state index contributed by atoms with van der Waals surface area (Å²) < 4.78 is 40.3. The minimum Gasteiger partial charge on any atom is -0.493 e. The zero-order chi connectivity index (χ0) is 27.7. The number of rotatable bonds is 8. The van der Waals surface area contributed by atoms with E-state index in [4.69, 9.17) is 9.47 Å². The summed E-state index contributed by atoms with van der Waals surface area (Å²) in [5.74, 6) is 0.465. The molecule has 0 fully saturated rings. The van der Waals surface area contributed by atoms with E-state index in [1.807, 2.05) is 30.3 Å². The largest absolute Gasteiger partial charge is 0.493 e. The van der Waals surface area contributed by atoms with Crippen molar-refractivity contribution in [1.82, 2.24) is 4.57 Å². The van der Waals surface area contributed by atoms with Gasteiger partial charge in [0.05, 0.1) is 24.8 Å². The van der Waals surface area contributed by atoms with E-state index in [1.165, 1.54) is 33.4 Å². The number of aromatic nitrogens is 1. The van der Waals surface area contributed by atoms with Crippen LogP contribution in [0, 0.1) is 0 Å². The Hall–Kier alpha value is -4.50. The smallest absolute Gasteiger partial charge is 0.264 e. The highest BCUT2D eigenvalue weighted by Crippen LogP contribution is 2.33. The fourth-order valence-electron chi connectivity index (χ4n) is 4.77. The molecule has 0 atom stereocenters. The number of fused-ring (bicyclic) bond motifs is 3. The molecular weight excluding hydrogens is 514 g/mol. The third-order valence-electron chi connectivity index (χ3n) is 6.85. The van der Waals surface area contributed by atoms with Crippen LogP contribution < -0.4 is 19.1 Å². The van der Waals surface area contributed by atoms with Crippen LogP contribution in [0.25, 0.3) is 21.8 Å². The number of hydrogen-bond acceptors (Lipinski definition) is 5. The molecule has 1 aromatic heterocycles. The summed E-state index contributed by atoms with van der Waals surface area (Å²) in [5, 5.41) is 5.17. The van der Waals surface area contributed by atoms with E-state index in [2.05, 4.69) is 28.9 Å². The number of hydrogen-bond donors (Lipinski definition) is 1. The molecule has 0 saturated heterocycles. The highest BCUT2D eigenvalue weighted by molar-refractivity contribution is 7.92. The summed E-state index contributed by atoms with van der Waals surface area (Å²) in [6.45, 7) is 2.96.